The molecule has 0 N–H and O–H groups in total. The monoisotopic (exact) mass is 683 g/mol. The Labute approximate surface area is 291 Å². The molecule has 0 radical (unpaired) electrons. The standard InChI is InChI=1S/C37H42ClN7O2S/c1-4-33(46)45-16-15-44(20-26(45)11-13-39)35-28-12-14-43(31-10-6-8-23-7-5-9-29(38)34(23)31)21-30(28)40-36(41-35)47-22-32-37(2,48-32)42(3)27-18-24-17-25(24)19-27/h4-10,24-27,32H,1,11-12,14-22H2,2-3H3/t24?,25?,26-,27?,32?,37-/m0/s1. The van der Waals surface area contributed by atoms with Crippen LogP contribution in [0.4, 0.5) is 11.5 Å². The van der Waals surface area contributed by atoms with Gasteiger partial charge in [-0.25, -0.2) is 0 Å². The molecule has 5 atom stereocenters. The van der Waals surface area contributed by atoms with Gasteiger partial charge < -0.3 is 19.4 Å². The molecule has 0 spiro atoms. The van der Waals surface area contributed by atoms with Crippen molar-refractivity contribution in [2.45, 2.75) is 67.8 Å². The molecule has 2 saturated carbocycles. The first kappa shape index (κ1) is 31.7. The Morgan fingerprint density at radius 3 is 2.73 bits per heavy atom. The zero-order chi connectivity index (χ0) is 33.2. The molecule has 250 valence electrons. The lowest BCUT2D eigenvalue weighted by atomic mass is 10.0. The highest BCUT2D eigenvalue weighted by Gasteiger charge is 2.59. The number of hydrogen-bond donors (Lipinski definition) is 0. The highest BCUT2D eigenvalue weighted by atomic mass is 35.5. The number of nitriles is 1. The Morgan fingerprint density at radius 2 is 1.96 bits per heavy atom. The van der Waals surface area contributed by atoms with Crippen molar-refractivity contribution in [2.24, 2.45) is 11.8 Å². The van der Waals surface area contributed by atoms with Crippen LogP contribution < -0.4 is 14.5 Å². The summed E-state index contributed by atoms with van der Waals surface area (Å²) in [6.07, 6.45) is 6.43. The zero-order valence-electron chi connectivity index (χ0n) is 27.6. The normalized spacial score (nSPS) is 29.0. The van der Waals surface area contributed by atoms with Gasteiger partial charge in [0, 0.05) is 48.9 Å². The summed E-state index contributed by atoms with van der Waals surface area (Å²) >= 11 is 8.73. The van der Waals surface area contributed by atoms with Crippen LogP contribution in [0.15, 0.2) is 49.1 Å². The van der Waals surface area contributed by atoms with Gasteiger partial charge in [0.05, 0.1) is 45.9 Å². The molecule has 3 aliphatic heterocycles. The maximum absolute atomic E-state index is 12.6. The van der Waals surface area contributed by atoms with Crippen molar-refractivity contribution >= 4 is 51.5 Å². The maximum atomic E-state index is 12.6. The minimum absolute atomic E-state index is 0.0709. The second kappa shape index (κ2) is 12.4. The van der Waals surface area contributed by atoms with E-state index in [-0.39, 0.29) is 23.2 Å². The van der Waals surface area contributed by atoms with Crippen LogP contribution in [0.3, 0.4) is 0 Å². The molecule has 5 aliphatic rings. The number of carbonyl (C=O) groups is 1. The molecule has 1 aromatic heterocycles. The van der Waals surface area contributed by atoms with E-state index in [4.69, 9.17) is 26.3 Å². The number of carbonyl (C=O) groups excluding carboxylic acids is 1. The van der Waals surface area contributed by atoms with Gasteiger partial charge in [-0.05, 0) is 75.1 Å². The van der Waals surface area contributed by atoms with Crippen molar-refractivity contribution in [3.63, 3.8) is 0 Å². The summed E-state index contributed by atoms with van der Waals surface area (Å²) in [5.74, 6) is 2.62. The quantitative estimate of drug-likeness (QED) is 0.202. The Morgan fingerprint density at radius 1 is 1.17 bits per heavy atom. The fourth-order valence-electron chi connectivity index (χ4n) is 8.46. The lowest BCUT2D eigenvalue weighted by Gasteiger charge is -2.42. The molecule has 9 nitrogen and oxygen atoms in total. The fourth-order valence-corrected chi connectivity index (χ4v) is 9.93. The van der Waals surface area contributed by atoms with E-state index < -0.39 is 0 Å². The van der Waals surface area contributed by atoms with Gasteiger partial charge in [-0.2, -0.15) is 15.2 Å². The fraction of sp³-hybridized carbons (Fsp3) is 0.514. The minimum Gasteiger partial charge on any atom is -0.462 e. The Bertz CT molecular complexity index is 1800. The molecule has 4 fully saturated rings. The zero-order valence-corrected chi connectivity index (χ0v) is 29.2. The van der Waals surface area contributed by atoms with Gasteiger partial charge in [-0.1, -0.05) is 42.4 Å². The van der Waals surface area contributed by atoms with E-state index in [0.717, 1.165) is 63.4 Å². The average molecular weight is 684 g/mol. The van der Waals surface area contributed by atoms with Gasteiger partial charge in [-0.3, -0.25) is 9.69 Å². The summed E-state index contributed by atoms with van der Waals surface area (Å²) < 4.78 is 6.48. The number of anilines is 2. The molecule has 8 rings (SSSR count). The second-order valence-corrected chi connectivity index (χ2v) is 16.2. The van der Waals surface area contributed by atoms with E-state index in [1.165, 1.54) is 25.3 Å². The number of amides is 1. The van der Waals surface area contributed by atoms with E-state index in [1.54, 1.807) is 4.90 Å². The molecule has 11 heteroatoms. The molecule has 2 aliphatic carbocycles. The van der Waals surface area contributed by atoms with Crippen LogP contribution >= 0.6 is 23.4 Å². The van der Waals surface area contributed by atoms with Crippen LogP contribution in [0.1, 0.15) is 43.9 Å². The number of ether oxygens (including phenoxy) is 1. The molecule has 0 bridgehead atoms. The lowest BCUT2D eigenvalue weighted by Crippen LogP contribution is -2.55. The SMILES string of the molecule is C=CC(=O)N1CCN(c2nc(OCC3S[C@]3(C)N(C)C3CC4CC4C3)nc3c2CCN(c2cccc4cccc(Cl)c24)C3)C[C@@H]1CC#N. The van der Waals surface area contributed by atoms with Crippen LogP contribution in [-0.2, 0) is 17.8 Å². The molecule has 3 unspecified atom stereocenters. The van der Waals surface area contributed by atoms with Crippen molar-refractivity contribution in [1.29, 1.82) is 5.26 Å². The third kappa shape index (κ3) is 5.68. The molecular weight excluding hydrogens is 642 g/mol. The van der Waals surface area contributed by atoms with Crippen LogP contribution in [0.5, 0.6) is 6.01 Å². The predicted octanol–water partition coefficient (Wildman–Crippen LogP) is 5.90. The number of aromatic nitrogens is 2. The van der Waals surface area contributed by atoms with Crippen LogP contribution in [-0.4, -0.2) is 87.7 Å². The maximum Gasteiger partial charge on any atom is 0.318 e. The first-order valence-electron chi connectivity index (χ1n) is 17.2. The molecule has 2 saturated heterocycles. The summed E-state index contributed by atoms with van der Waals surface area (Å²) in [4.78, 5) is 31.8. The average Bonchev–Trinajstić information content (AvgIpc) is 3.97. The van der Waals surface area contributed by atoms with Crippen LogP contribution in [0.25, 0.3) is 10.8 Å². The van der Waals surface area contributed by atoms with Gasteiger partial charge in [-0.15, -0.1) is 11.8 Å². The summed E-state index contributed by atoms with van der Waals surface area (Å²) in [6.45, 7) is 9.59. The number of benzene rings is 2. The topological polar surface area (TPSA) is 88.8 Å². The third-order valence-electron chi connectivity index (χ3n) is 11.5. The van der Waals surface area contributed by atoms with Crippen molar-refractivity contribution in [3.8, 4) is 12.1 Å². The number of halogens is 1. The summed E-state index contributed by atoms with van der Waals surface area (Å²) in [5.41, 5.74) is 3.14. The van der Waals surface area contributed by atoms with Gasteiger partial charge in [0.15, 0.2) is 0 Å². The molecular formula is C37H42ClN7O2S. The van der Waals surface area contributed by atoms with Crippen LogP contribution in [0, 0.1) is 23.2 Å². The largest absolute Gasteiger partial charge is 0.462 e. The molecule has 4 heterocycles. The predicted molar refractivity (Wildman–Crippen MR) is 192 cm³/mol. The van der Waals surface area contributed by atoms with E-state index >= 15 is 0 Å². The first-order valence-corrected chi connectivity index (χ1v) is 18.4. The first-order chi connectivity index (χ1) is 23.3. The number of piperazine rings is 1. The van der Waals surface area contributed by atoms with Crippen molar-refractivity contribution in [3.05, 3.63) is 65.3 Å². The van der Waals surface area contributed by atoms with Gasteiger partial charge in [0.25, 0.3) is 0 Å². The molecule has 1 amide bonds. The van der Waals surface area contributed by atoms with E-state index in [9.17, 15) is 10.1 Å². The van der Waals surface area contributed by atoms with Crippen molar-refractivity contribution in [2.75, 3.05) is 49.6 Å². The van der Waals surface area contributed by atoms with Gasteiger partial charge in [0.1, 0.15) is 12.4 Å². The smallest absolute Gasteiger partial charge is 0.318 e. The lowest BCUT2D eigenvalue weighted by molar-refractivity contribution is -0.128. The van der Waals surface area contributed by atoms with Crippen LogP contribution in [0.2, 0.25) is 5.02 Å². The highest BCUT2D eigenvalue weighted by Crippen LogP contribution is 2.60. The van der Waals surface area contributed by atoms with E-state index in [2.05, 4.69) is 65.6 Å². The number of fused-ring (bicyclic) bond motifs is 3. The number of thioether (sulfide) groups is 1. The Hall–Kier alpha value is -3.52. The van der Waals surface area contributed by atoms with Crippen molar-refractivity contribution in [1.82, 2.24) is 19.8 Å². The molecule has 48 heavy (non-hydrogen) atoms. The summed E-state index contributed by atoms with van der Waals surface area (Å²) in [6, 6.07) is 15.4. The van der Waals surface area contributed by atoms with Crippen molar-refractivity contribution < 1.29 is 9.53 Å². The molecule has 3 aromatic rings. The minimum atomic E-state index is -0.247. The highest BCUT2D eigenvalue weighted by molar-refractivity contribution is 8.08. The number of rotatable bonds is 9. The summed E-state index contributed by atoms with van der Waals surface area (Å²) in [5, 5.41) is 12.9. The summed E-state index contributed by atoms with van der Waals surface area (Å²) in [7, 11) is 2.29. The number of nitrogens with zero attached hydrogens (tertiary/aromatic N) is 7. The Balaban J connectivity index is 1.07. The number of hydrogen-bond acceptors (Lipinski definition) is 9. The Kier molecular flexibility index (Phi) is 8.21. The van der Waals surface area contributed by atoms with Gasteiger partial charge >= 0.3 is 6.01 Å². The second-order valence-electron chi connectivity index (χ2n) is 14.2. The van der Waals surface area contributed by atoms with E-state index in [1.807, 2.05) is 23.9 Å². The molecule has 2 aromatic carbocycles. The van der Waals surface area contributed by atoms with Gasteiger partial charge in [0.2, 0.25) is 5.91 Å². The van der Waals surface area contributed by atoms with E-state index in [0.29, 0.717) is 50.1 Å². The third-order valence-corrected chi connectivity index (χ3v) is 13.5.